The summed E-state index contributed by atoms with van der Waals surface area (Å²) in [7, 11) is 0. The maximum absolute atomic E-state index is 13.5. The summed E-state index contributed by atoms with van der Waals surface area (Å²) in [6.45, 7) is 7.68. The lowest BCUT2D eigenvalue weighted by atomic mass is 9.86. The van der Waals surface area contributed by atoms with E-state index in [9.17, 15) is 14.4 Å². The van der Waals surface area contributed by atoms with Crippen molar-refractivity contribution in [3.8, 4) is 0 Å². The molecule has 0 spiro atoms. The Bertz CT molecular complexity index is 846. The zero-order valence-electron chi connectivity index (χ0n) is 21.4. The molecule has 8 nitrogen and oxygen atoms in total. The summed E-state index contributed by atoms with van der Waals surface area (Å²) in [6.07, 6.45) is 4.55. The fourth-order valence-corrected chi connectivity index (χ4v) is 4.89. The van der Waals surface area contributed by atoms with Gasteiger partial charge in [0.2, 0.25) is 5.91 Å². The van der Waals surface area contributed by atoms with Crippen molar-refractivity contribution in [1.82, 2.24) is 9.80 Å². The molecule has 0 saturated carbocycles. The van der Waals surface area contributed by atoms with Crippen LogP contribution in [0.15, 0.2) is 30.3 Å². The smallest absolute Gasteiger partial charge is 0.416 e. The molecule has 2 aliphatic heterocycles. The van der Waals surface area contributed by atoms with Crippen LogP contribution >= 0.6 is 0 Å². The van der Waals surface area contributed by atoms with Gasteiger partial charge in [-0.25, -0.2) is 14.5 Å². The van der Waals surface area contributed by atoms with E-state index in [1.807, 2.05) is 51.1 Å². The van der Waals surface area contributed by atoms with Crippen LogP contribution < -0.4 is 5.73 Å². The van der Waals surface area contributed by atoms with Gasteiger partial charge in [-0.15, -0.1) is 0 Å². The molecule has 0 aliphatic carbocycles. The third kappa shape index (κ3) is 7.95. The fraction of sp³-hybridized carbons (Fsp3) is 0.667. The highest BCUT2D eigenvalue weighted by Gasteiger charge is 2.40. The van der Waals surface area contributed by atoms with Crippen LogP contribution in [0.2, 0.25) is 0 Å². The highest BCUT2D eigenvalue weighted by atomic mass is 16.6. The Morgan fingerprint density at radius 2 is 1.83 bits per heavy atom. The highest BCUT2D eigenvalue weighted by molar-refractivity contribution is 5.94. The van der Waals surface area contributed by atoms with E-state index >= 15 is 0 Å². The minimum atomic E-state index is -0.542. The molecular weight excluding hydrogens is 446 g/mol. The van der Waals surface area contributed by atoms with E-state index < -0.39 is 11.7 Å². The number of piperidine rings is 1. The first-order chi connectivity index (χ1) is 16.7. The first kappa shape index (κ1) is 27.0. The Morgan fingerprint density at radius 3 is 2.46 bits per heavy atom. The number of amides is 3. The van der Waals surface area contributed by atoms with Gasteiger partial charge in [-0.2, -0.15) is 0 Å². The molecular formula is C27H41N3O5. The van der Waals surface area contributed by atoms with Crippen LogP contribution in [0.5, 0.6) is 0 Å². The summed E-state index contributed by atoms with van der Waals surface area (Å²) >= 11 is 0. The van der Waals surface area contributed by atoms with Gasteiger partial charge >= 0.3 is 12.2 Å². The second kappa shape index (κ2) is 12.4. The Hall–Kier alpha value is -2.61. The number of imide groups is 1. The van der Waals surface area contributed by atoms with E-state index in [0.29, 0.717) is 44.8 Å². The normalized spacial score (nSPS) is 20.0. The van der Waals surface area contributed by atoms with E-state index in [1.54, 1.807) is 4.90 Å². The van der Waals surface area contributed by atoms with Gasteiger partial charge in [0.15, 0.2) is 0 Å². The van der Waals surface area contributed by atoms with Gasteiger partial charge in [-0.3, -0.25) is 4.79 Å². The van der Waals surface area contributed by atoms with Crippen molar-refractivity contribution in [2.45, 2.75) is 77.4 Å². The van der Waals surface area contributed by atoms with E-state index in [-0.39, 0.29) is 30.6 Å². The van der Waals surface area contributed by atoms with Gasteiger partial charge < -0.3 is 20.1 Å². The lowest BCUT2D eigenvalue weighted by molar-refractivity contribution is -0.134. The van der Waals surface area contributed by atoms with Crippen molar-refractivity contribution in [3.63, 3.8) is 0 Å². The summed E-state index contributed by atoms with van der Waals surface area (Å²) in [5, 5.41) is 0. The molecule has 3 amide bonds. The van der Waals surface area contributed by atoms with Crippen LogP contribution in [-0.4, -0.2) is 65.8 Å². The standard InChI is InChI=1S/C27H41N3O5/c1-27(2,3)35-25(32)29-16-13-20(14-17-29)11-12-22(10-7-15-28)24(31)30-23(19-34-26(30)33)18-21-8-5-4-6-9-21/h4-6,8-9,20,22-23H,7,10-19,28H2,1-3H3/t22-,23+/m1/s1. The molecule has 2 aliphatic rings. The molecule has 2 atom stereocenters. The van der Waals surface area contributed by atoms with Crippen LogP contribution in [0.1, 0.15) is 64.9 Å². The first-order valence-electron chi connectivity index (χ1n) is 12.9. The molecule has 0 bridgehead atoms. The second-order valence-corrected chi connectivity index (χ2v) is 10.7. The number of likely N-dealkylation sites (tertiary alicyclic amines) is 1. The van der Waals surface area contributed by atoms with Crippen LogP contribution in [0.25, 0.3) is 0 Å². The van der Waals surface area contributed by atoms with E-state index in [4.69, 9.17) is 15.2 Å². The van der Waals surface area contributed by atoms with Gasteiger partial charge in [0, 0.05) is 19.0 Å². The average Bonchev–Trinajstić information content (AvgIpc) is 3.18. The van der Waals surface area contributed by atoms with E-state index in [1.165, 1.54) is 4.90 Å². The zero-order valence-corrected chi connectivity index (χ0v) is 21.4. The van der Waals surface area contributed by atoms with Crippen LogP contribution in [0.4, 0.5) is 9.59 Å². The lowest BCUT2D eigenvalue weighted by Gasteiger charge is -2.34. The van der Waals surface area contributed by atoms with Gasteiger partial charge in [0.25, 0.3) is 0 Å². The van der Waals surface area contributed by atoms with Crippen molar-refractivity contribution in [1.29, 1.82) is 0 Å². The summed E-state index contributed by atoms with van der Waals surface area (Å²) < 4.78 is 10.8. The minimum Gasteiger partial charge on any atom is -0.447 e. The van der Waals surface area contributed by atoms with Crippen LogP contribution in [0.3, 0.4) is 0 Å². The Balaban J connectivity index is 1.56. The fourth-order valence-electron chi connectivity index (χ4n) is 4.89. The largest absolute Gasteiger partial charge is 0.447 e. The van der Waals surface area contributed by atoms with Crippen molar-refractivity contribution >= 4 is 18.1 Å². The molecule has 2 fully saturated rings. The summed E-state index contributed by atoms with van der Waals surface area (Å²) in [5.74, 6) is 0.0342. The number of carbonyl (C=O) groups is 3. The number of hydrogen-bond donors (Lipinski definition) is 1. The zero-order chi connectivity index (χ0) is 25.4. The Labute approximate surface area is 209 Å². The molecule has 35 heavy (non-hydrogen) atoms. The number of ether oxygens (including phenoxy) is 2. The molecule has 8 heteroatoms. The molecule has 0 unspecified atom stereocenters. The molecule has 194 valence electrons. The quantitative estimate of drug-likeness (QED) is 0.555. The van der Waals surface area contributed by atoms with E-state index in [2.05, 4.69) is 0 Å². The van der Waals surface area contributed by atoms with Crippen molar-refractivity contribution in [2.24, 2.45) is 17.6 Å². The van der Waals surface area contributed by atoms with Gasteiger partial charge in [-0.05, 0) is 83.7 Å². The highest BCUT2D eigenvalue weighted by Crippen LogP contribution is 2.29. The average molecular weight is 488 g/mol. The van der Waals surface area contributed by atoms with Crippen molar-refractivity contribution in [2.75, 3.05) is 26.2 Å². The number of benzene rings is 1. The van der Waals surface area contributed by atoms with E-state index in [0.717, 1.165) is 31.2 Å². The summed E-state index contributed by atoms with van der Waals surface area (Å²) in [5.41, 5.74) is 6.32. The summed E-state index contributed by atoms with van der Waals surface area (Å²) in [6, 6.07) is 9.58. The maximum atomic E-state index is 13.5. The maximum Gasteiger partial charge on any atom is 0.416 e. The molecule has 0 aromatic heterocycles. The number of nitrogens with two attached hydrogens (primary N) is 1. The molecule has 0 radical (unpaired) electrons. The monoisotopic (exact) mass is 487 g/mol. The van der Waals surface area contributed by atoms with Gasteiger partial charge in [0.05, 0.1) is 6.04 Å². The van der Waals surface area contributed by atoms with Crippen LogP contribution in [0, 0.1) is 11.8 Å². The number of nitrogens with zero attached hydrogens (tertiary/aromatic N) is 2. The Morgan fingerprint density at radius 1 is 1.14 bits per heavy atom. The third-order valence-corrected chi connectivity index (χ3v) is 6.81. The van der Waals surface area contributed by atoms with Crippen LogP contribution in [-0.2, 0) is 20.7 Å². The SMILES string of the molecule is CC(C)(C)OC(=O)N1CCC(CC[C@@H](CCCN)C(=O)N2C(=O)OC[C@@H]2Cc2ccccc2)CC1. The molecule has 3 rings (SSSR count). The predicted molar refractivity (Wildman–Crippen MR) is 134 cm³/mol. The molecule has 1 aromatic carbocycles. The lowest BCUT2D eigenvalue weighted by Crippen LogP contribution is -2.44. The first-order valence-corrected chi connectivity index (χ1v) is 12.9. The molecule has 2 saturated heterocycles. The van der Waals surface area contributed by atoms with Gasteiger partial charge in [-0.1, -0.05) is 30.3 Å². The number of carbonyl (C=O) groups excluding carboxylic acids is 3. The molecule has 1 aromatic rings. The third-order valence-electron chi connectivity index (χ3n) is 6.81. The molecule has 2 N–H and O–H groups in total. The minimum absolute atomic E-state index is 0.145. The summed E-state index contributed by atoms with van der Waals surface area (Å²) in [4.78, 5) is 41.5. The predicted octanol–water partition coefficient (Wildman–Crippen LogP) is 4.36. The van der Waals surface area contributed by atoms with Crippen molar-refractivity contribution in [3.05, 3.63) is 35.9 Å². The number of rotatable bonds is 9. The van der Waals surface area contributed by atoms with Gasteiger partial charge in [0.1, 0.15) is 12.2 Å². The topological polar surface area (TPSA) is 102 Å². The Kier molecular flexibility index (Phi) is 9.55. The van der Waals surface area contributed by atoms with Crippen molar-refractivity contribution < 1.29 is 23.9 Å². The second-order valence-electron chi connectivity index (χ2n) is 10.7. The number of hydrogen-bond acceptors (Lipinski definition) is 6. The number of cyclic esters (lactones) is 1. The molecule has 2 heterocycles.